The van der Waals surface area contributed by atoms with E-state index in [2.05, 4.69) is 50.1 Å². The molecule has 3 aliphatic rings. The Hall–Kier alpha value is -2.47. The largest absolute Gasteiger partial charge is 0.480 e. The van der Waals surface area contributed by atoms with Gasteiger partial charge in [0, 0.05) is 47.6 Å². The molecule has 2 N–H and O–H groups in total. The minimum absolute atomic E-state index is 0.100. The number of aliphatic carboxylic acids is 1. The van der Waals surface area contributed by atoms with Gasteiger partial charge in [0.15, 0.2) is 0 Å². The molecule has 0 amide bonds. The molecule has 1 aromatic rings. The van der Waals surface area contributed by atoms with E-state index in [1.165, 1.54) is 22.4 Å². The summed E-state index contributed by atoms with van der Waals surface area (Å²) < 4.78 is 15.3. The molecule has 2 fully saturated rings. The number of halogens is 1. The molecule has 0 radical (unpaired) electrons. The van der Waals surface area contributed by atoms with Crippen LogP contribution in [0.4, 0.5) is 4.39 Å². The number of unbranched alkanes of at least 4 members (excludes halogenated alkanes) is 1. The van der Waals surface area contributed by atoms with E-state index in [9.17, 15) is 9.90 Å². The van der Waals surface area contributed by atoms with E-state index in [4.69, 9.17) is 0 Å². The highest BCUT2D eigenvalue weighted by Crippen LogP contribution is 2.43. The number of nitrogens with zero attached hydrogens (tertiary/aromatic N) is 2. The Morgan fingerprint density at radius 1 is 1.26 bits per heavy atom. The number of nitrogens with one attached hydrogen (secondary N) is 1. The van der Waals surface area contributed by atoms with Crippen LogP contribution >= 0.6 is 0 Å². The van der Waals surface area contributed by atoms with Crippen LogP contribution < -0.4 is 5.32 Å². The van der Waals surface area contributed by atoms with Crippen LogP contribution in [0, 0.1) is 5.92 Å². The van der Waals surface area contributed by atoms with Crippen molar-refractivity contribution in [1.29, 1.82) is 0 Å². The topological polar surface area (TPSA) is 65.5 Å². The molecule has 6 heteroatoms. The fourth-order valence-electron chi connectivity index (χ4n) is 6.08. The van der Waals surface area contributed by atoms with Crippen molar-refractivity contribution in [2.75, 3.05) is 13.1 Å². The molecule has 1 saturated heterocycles. The van der Waals surface area contributed by atoms with E-state index in [-0.39, 0.29) is 5.92 Å². The highest BCUT2D eigenvalue weighted by Gasteiger charge is 2.39. The average molecular weight is 524 g/mol. The lowest BCUT2D eigenvalue weighted by molar-refractivity contribution is -0.143. The third-order valence-electron chi connectivity index (χ3n) is 8.59. The average Bonchev–Trinajstić information content (AvgIpc) is 3.61. The molecule has 1 aromatic heterocycles. The Morgan fingerprint density at radius 2 is 2.05 bits per heavy atom. The molecule has 0 spiro atoms. The van der Waals surface area contributed by atoms with Crippen LogP contribution in [-0.4, -0.2) is 46.3 Å². The SMILES string of the molecule is CC(C)=C(/C=C\C1=C(C)NC(C)CC1)CCCCC(F)[C@@H]1CCN(C(C(=O)O)c2cccnc2C2CC2)C1. The first-order valence-electron chi connectivity index (χ1n) is 14.6. The number of hydrogen-bond acceptors (Lipinski definition) is 4. The van der Waals surface area contributed by atoms with Crippen LogP contribution in [0.2, 0.25) is 0 Å². The molecular formula is C32H46FN3O2. The second kappa shape index (κ2) is 13.1. The van der Waals surface area contributed by atoms with Crippen molar-refractivity contribution < 1.29 is 14.3 Å². The van der Waals surface area contributed by atoms with E-state index in [1.54, 1.807) is 6.20 Å². The van der Waals surface area contributed by atoms with Gasteiger partial charge in [0.25, 0.3) is 0 Å². The maximum absolute atomic E-state index is 15.3. The number of hydrogen-bond donors (Lipinski definition) is 2. The quantitative estimate of drug-likeness (QED) is 0.223. The summed E-state index contributed by atoms with van der Waals surface area (Å²) in [5.74, 6) is -0.579. The third-order valence-corrected chi connectivity index (χ3v) is 8.59. The smallest absolute Gasteiger partial charge is 0.325 e. The zero-order valence-electron chi connectivity index (χ0n) is 23.7. The van der Waals surface area contributed by atoms with Crippen LogP contribution in [0.3, 0.4) is 0 Å². The van der Waals surface area contributed by atoms with Gasteiger partial charge in [0.1, 0.15) is 12.2 Å². The number of carboxylic acids is 1. The molecule has 3 heterocycles. The van der Waals surface area contributed by atoms with Crippen LogP contribution in [0.15, 0.2) is 52.9 Å². The molecule has 2 aliphatic heterocycles. The van der Waals surface area contributed by atoms with Crippen molar-refractivity contribution in [3.05, 3.63) is 64.2 Å². The van der Waals surface area contributed by atoms with Gasteiger partial charge in [-0.3, -0.25) is 14.7 Å². The Morgan fingerprint density at radius 3 is 2.74 bits per heavy atom. The van der Waals surface area contributed by atoms with Crippen molar-refractivity contribution in [3.63, 3.8) is 0 Å². The highest BCUT2D eigenvalue weighted by atomic mass is 19.1. The first-order valence-corrected chi connectivity index (χ1v) is 14.6. The van der Waals surface area contributed by atoms with Crippen molar-refractivity contribution in [2.24, 2.45) is 5.92 Å². The van der Waals surface area contributed by atoms with Crippen LogP contribution in [0.5, 0.6) is 0 Å². The Kier molecular flexibility index (Phi) is 9.80. The van der Waals surface area contributed by atoms with Gasteiger partial charge in [-0.25, -0.2) is 4.39 Å². The number of aromatic nitrogens is 1. The summed E-state index contributed by atoms with van der Waals surface area (Å²) in [6.45, 7) is 9.82. The fourth-order valence-corrected chi connectivity index (χ4v) is 6.08. The Balaban J connectivity index is 1.27. The number of likely N-dealkylation sites (tertiary alicyclic amines) is 1. The van der Waals surface area contributed by atoms with Gasteiger partial charge in [-0.15, -0.1) is 0 Å². The summed E-state index contributed by atoms with van der Waals surface area (Å²) in [7, 11) is 0. The predicted octanol–water partition coefficient (Wildman–Crippen LogP) is 7.24. The summed E-state index contributed by atoms with van der Waals surface area (Å²) in [6, 6.07) is 3.53. The molecule has 208 valence electrons. The van der Waals surface area contributed by atoms with E-state index >= 15 is 4.39 Å². The maximum Gasteiger partial charge on any atom is 0.325 e. The molecule has 5 nitrogen and oxygen atoms in total. The lowest BCUT2D eigenvalue weighted by atomic mass is 9.95. The zero-order valence-corrected chi connectivity index (χ0v) is 23.7. The minimum Gasteiger partial charge on any atom is -0.480 e. The van der Waals surface area contributed by atoms with Gasteiger partial charge in [-0.2, -0.15) is 0 Å². The highest BCUT2D eigenvalue weighted by molar-refractivity contribution is 5.76. The normalized spacial score (nSPS) is 23.9. The lowest BCUT2D eigenvalue weighted by Gasteiger charge is -2.26. The van der Waals surface area contributed by atoms with E-state index < -0.39 is 18.2 Å². The number of carbonyl (C=O) groups is 1. The van der Waals surface area contributed by atoms with E-state index in [1.807, 2.05) is 17.0 Å². The Bertz CT molecular complexity index is 1070. The fraction of sp³-hybridized carbons (Fsp3) is 0.625. The molecule has 0 aromatic carbocycles. The molecule has 1 saturated carbocycles. The predicted molar refractivity (Wildman–Crippen MR) is 152 cm³/mol. The van der Waals surface area contributed by atoms with Gasteiger partial charge >= 0.3 is 5.97 Å². The summed E-state index contributed by atoms with van der Waals surface area (Å²) in [4.78, 5) is 18.8. The summed E-state index contributed by atoms with van der Waals surface area (Å²) in [5, 5.41) is 13.6. The lowest BCUT2D eigenvalue weighted by Crippen LogP contribution is -2.34. The number of carboxylic acid groups (broad SMARTS) is 1. The zero-order chi connectivity index (χ0) is 27.2. The van der Waals surface area contributed by atoms with Crippen molar-refractivity contribution in [2.45, 2.75) is 110 Å². The first kappa shape index (κ1) is 28.5. The number of rotatable bonds is 12. The van der Waals surface area contributed by atoms with Gasteiger partial charge in [-0.05, 0) is 103 Å². The van der Waals surface area contributed by atoms with E-state index in [0.29, 0.717) is 37.9 Å². The third kappa shape index (κ3) is 7.34. The molecule has 1 aliphatic carbocycles. The molecule has 3 unspecified atom stereocenters. The second-order valence-corrected chi connectivity index (χ2v) is 11.9. The monoisotopic (exact) mass is 523 g/mol. The number of alkyl halides is 1. The summed E-state index contributed by atoms with van der Waals surface area (Å²) in [6.07, 6.45) is 13.8. The molecule has 4 atom stereocenters. The van der Waals surface area contributed by atoms with Gasteiger partial charge in [0.2, 0.25) is 0 Å². The van der Waals surface area contributed by atoms with Crippen LogP contribution in [-0.2, 0) is 4.79 Å². The number of pyridine rings is 1. The summed E-state index contributed by atoms with van der Waals surface area (Å²) in [5.41, 5.74) is 7.04. The minimum atomic E-state index is -0.889. The second-order valence-electron chi connectivity index (χ2n) is 11.9. The van der Waals surface area contributed by atoms with Gasteiger partial charge in [0.05, 0.1) is 0 Å². The first-order chi connectivity index (χ1) is 18.2. The van der Waals surface area contributed by atoms with E-state index in [0.717, 1.165) is 56.2 Å². The summed E-state index contributed by atoms with van der Waals surface area (Å²) >= 11 is 0. The van der Waals surface area contributed by atoms with Crippen molar-refractivity contribution in [1.82, 2.24) is 15.2 Å². The van der Waals surface area contributed by atoms with Gasteiger partial charge in [-0.1, -0.05) is 30.2 Å². The van der Waals surface area contributed by atoms with Crippen molar-refractivity contribution in [3.8, 4) is 0 Å². The Labute approximate surface area is 228 Å². The van der Waals surface area contributed by atoms with Gasteiger partial charge < -0.3 is 10.4 Å². The molecular weight excluding hydrogens is 477 g/mol. The van der Waals surface area contributed by atoms with Crippen molar-refractivity contribution >= 4 is 5.97 Å². The molecule has 0 bridgehead atoms. The standard InChI is InChI=1S/C32H46FN3O2/c1-21(2)24(13-14-25-12-11-22(3)35-23(25)4)8-5-6-10-29(33)27-17-19-36(20-27)31(32(37)38)28-9-7-18-34-30(28)26-15-16-26/h7,9,13-14,18,22,26-27,29,31,35H,5-6,8,10-12,15-17,19-20H2,1-4H3,(H,37,38)/b14-13-/t22?,27-,29?,31?/m1/s1. The molecule has 38 heavy (non-hydrogen) atoms. The maximum atomic E-state index is 15.3. The number of allylic oxidation sites excluding steroid dienone is 6. The van der Waals surface area contributed by atoms with Crippen LogP contribution in [0.25, 0.3) is 0 Å². The molecule has 4 rings (SSSR count). The van der Waals surface area contributed by atoms with Crippen LogP contribution in [0.1, 0.15) is 109 Å².